The van der Waals surface area contributed by atoms with Crippen LogP contribution in [0.15, 0.2) is 48.5 Å². The molecular weight excluding hydrogens is 427 g/mol. The number of nitrogens with zero attached hydrogens (tertiary/aromatic N) is 4. The first-order chi connectivity index (χ1) is 13.2. The number of rotatable bonds is 4. The summed E-state index contributed by atoms with van der Waals surface area (Å²) >= 11 is 6.66. The minimum atomic E-state index is 0. The van der Waals surface area contributed by atoms with E-state index >= 15 is 0 Å². The maximum Gasteiger partial charge on any atom is 0.165 e. The number of halogens is 3. The van der Waals surface area contributed by atoms with Crippen LogP contribution < -0.4 is 4.90 Å². The molecule has 2 fully saturated rings. The molecule has 0 spiro atoms. The standard InChI is InChI=1S/C22H23ClN4.2ClH/c1-26-20(18-10-9-17(15-19(18)23)27-13-5-6-14-27)24-25-21(26)22(11-12-22)16-7-3-2-4-8-16;;/h2-4,7-10,15H,5-6,11-14H2,1H3;2*1H. The van der Waals surface area contributed by atoms with E-state index in [0.29, 0.717) is 0 Å². The van der Waals surface area contributed by atoms with Crippen LogP contribution in [0.1, 0.15) is 37.1 Å². The van der Waals surface area contributed by atoms with Gasteiger partial charge in [-0.15, -0.1) is 35.0 Å². The minimum absolute atomic E-state index is 0. The van der Waals surface area contributed by atoms with E-state index in [-0.39, 0.29) is 30.2 Å². The molecule has 0 amide bonds. The fourth-order valence-corrected chi connectivity index (χ4v) is 4.62. The van der Waals surface area contributed by atoms with E-state index in [1.807, 2.05) is 0 Å². The summed E-state index contributed by atoms with van der Waals surface area (Å²) in [6, 6.07) is 17.0. The second-order valence-corrected chi connectivity index (χ2v) is 8.12. The van der Waals surface area contributed by atoms with Crippen LogP contribution in [0.2, 0.25) is 5.02 Å². The van der Waals surface area contributed by atoms with Gasteiger partial charge in [-0.05, 0) is 49.4 Å². The van der Waals surface area contributed by atoms with E-state index in [9.17, 15) is 0 Å². The zero-order chi connectivity index (χ0) is 18.4. The number of hydrogen-bond acceptors (Lipinski definition) is 3. The van der Waals surface area contributed by atoms with E-state index in [0.717, 1.165) is 48.2 Å². The lowest BCUT2D eigenvalue weighted by Crippen LogP contribution is -2.17. The fourth-order valence-electron chi connectivity index (χ4n) is 4.36. The lowest BCUT2D eigenvalue weighted by atomic mass is 9.95. The lowest BCUT2D eigenvalue weighted by Gasteiger charge is -2.19. The molecule has 1 aromatic heterocycles. The first-order valence-corrected chi connectivity index (χ1v) is 10.1. The molecule has 0 unspecified atom stereocenters. The van der Waals surface area contributed by atoms with E-state index < -0.39 is 0 Å². The third-order valence-electron chi connectivity index (χ3n) is 6.04. The third kappa shape index (κ3) is 3.74. The van der Waals surface area contributed by atoms with E-state index in [1.54, 1.807) is 0 Å². The summed E-state index contributed by atoms with van der Waals surface area (Å²) in [5, 5.41) is 9.85. The van der Waals surface area contributed by atoms with Crippen LogP contribution in [0.5, 0.6) is 0 Å². The van der Waals surface area contributed by atoms with Gasteiger partial charge in [0.2, 0.25) is 0 Å². The number of aromatic nitrogens is 3. The molecule has 2 heterocycles. The van der Waals surface area contributed by atoms with Crippen LogP contribution in [0, 0.1) is 0 Å². The first kappa shape index (κ1) is 21.9. The van der Waals surface area contributed by atoms with Crippen LogP contribution in [0.4, 0.5) is 5.69 Å². The van der Waals surface area contributed by atoms with Crippen molar-refractivity contribution in [3.8, 4) is 11.4 Å². The van der Waals surface area contributed by atoms with Gasteiger partial charge in [0.05, 0.1) is 10.4 Å². The molecule has 5 rings (SSSR count). The maximum atomic E-state index is 6.66. The molecule has 0 radical (unpaired) electrons. The van der Waals surface area contributed by atoms with Gasteiger partial charge in [-0.3, -0.25) is 0 Å². The molecule has 1 saturated heterocycles. The predicted molar refractivity (Wildman–Crippen MR) is 124 cm³/mol. The Labute approximate surface area is 189 Å². The summed E-state index contributed by atoms with van der Waals surface area (Å²) in [7, 11) is 2.05. The van der Waals surface area contributed by atoms with Crippen LogP contribution in [0.3, 0.4) is 0 Å². The smallest absolute Gasteiger partial charge is 0.165 e. The Hall–Kier alpha value is -1.75. The molecule has 3 aromatic rings. The molecule has 154 valence electrons. The zero-order valence-electron chi connectivity index (χ0n) is 16.3. The van der Waals surface area contributed by atoms with Gasteiger partial charge in [0.1, 0.15) is 5.82 Å². The second-order valence-electron chi connectivity index (χ2n) is 7.71. The van der Waals surface area contributed by atoms with Crippen molar-refractivity contribution in [1.29, 1.82) is 0 Å². The molecular formula is C22H25Cl3N4. The first-order valence-electron chi connectivity index (χ1n) is 9.69. The summed E-state index contributed by atoms with van der Waals surface area (Å²) in [6.45, 7) is 2.23. The maximum absolute atomic E-state index is 6.66. The number of benzene rings is 2. The molecule has 2 aromatic carbocycles. The Morgan fingerprint density at radius 3 is 2.24 bits per heavy atom. The average molecular weight is 452 g/mol. The van der Waals surface area contributed by atoms with E-state index in [1.165, 1.54) is 24.1 Å². The number of hydrogen-bond donors (Lipinski definition) is 0. The van der Waals surface area contributed by atoms with Gasteiger partial charge in [-0.25, -0.2) is 0 Å². The molecule has 1 saturated carbocycles. The highest BCUT2D eigenvalue weighted by atomic mass is 35.5. The lowest BCUT2D eigenvalue weighted by molar-refractivity contribution is 0.694. The molecule has 0 bridgehead atoms. The van der Waals surface area contributed by atoms with Crippen LogP contribution in [-0.4, -0.2) is 27.9 Å². The Bertz CT molecular complexity index is 977. The van der Waals surface area contributed by atoms with Gasteiger partial charge >= 0.3 is 0 Å². The van der Waals surface area contributed by atoms with Gasteiger partial charge in [-0.1, -0.05) is 41.9 Å². The molecule has 4 nitrogen and oxygen atoms in total. The van der Waals surface area contributed by atoms with Crippen molar-refractivity contribution in [2.45, 2.75) is 31.1 Å². The summed E-state index contributed by atoms with van der Waals surface area (Å²) in [5.74, 6) is 1.87. The summed E-state index contributed by atoms with van der Waals surface area (Å²) in [5.41, 5.74) is 3.47. The normalized spacial score (nSPS) is 16.8. The summed E-state index contributed by atoms with van der Waals surface area (Å²) in [6.07, 6.45) is 4.75. The topological polar surface area (TPSA) is 34.0 Å². The Morgan fingerprint density at radius 2 is 1.62 bits per heavy atom. The molecule has 29 heavy (non-hydrogen) atoms. The van der Waals surface area contributed by atoms with Gasteiger partial charge < -0.3 is 9.47 Å². The van der Waals surface area contributed by atoms with Crippen molar-refractivity contribution in [2.24, 2.45) is 7.05 Å². The van der Waals surface area contributed by atoms with Crippen LogP contribution >= 0.6 is 36.4 Å². The monoisotopic (exact) mass is 450 g/mol. The molecule has 0 N–H and O–H groups in total. The molecule has 0 atom stereocenters. The van der Waals surface area contributed by atoms with Crippen molar-refractivity contribution >= 4 is 42.1 Å². The minimum Gasteiger partial charge on any atom is -0.371 e. The van der Waals surface area contributed by atoms with E-state index in [4.69, 9.17) is 11.6 Å². The highest BCUT2D eigenvalue weighted by Crippen LogP contribution is 2.53. The molecule has 1 aliphatic heterocycles. The van der Waals surface area contributed by atoms with Gasteiger partial charge in [0.15, 0.2) is 5.82 Å². The third-order valence-corrected chi connectivity index (χ3v) is 6.36. The van der Waals surface area contributed by atoms with Gasteiger partial charge in [0.25, 0.3) is 0 Å². The van der Waals surface area contributed by atoms with Crippen molar-refractivity contribution in [2.75, 3.05) is 18.0 Å². The quantitative estimate of drug-likeness (QED) is 0.513. The highest BCUT2D eigenvalue weighted by Gasteiger charge is 2.49. The SMILES string of the molecule is Cl.Cl.Cn1c(-c2ccc(N3CCCC3)cc2Cl)nnc1C1(c2ccccc2)CC1. The van der Waals surface area contributed by atoms with Crippen molar-refractivity contribution in [1.82, 2.24) is 14.8 Å². The summed E-state index contributed by atoms with van der Waals surface area (Å²) < 4.78 is 2.12. The van der Waals surface area contributed by atoms with Crippen molar-refractivity contribution < 1.29 is 0 Å². The highest BCUT2D eigenvalue weighted by molar-refractivity contribution is 6.33. The molecule has 1 aliphatic carbocycles. The van der Waals surface area contributed by atoms with Gasteiger partial charge in [0, 0.05) is 31.4 Å². The zero-order valence-corrected chi connectivity index (χ0v) is 18.7. The van der Waals surface area contributed by atoms with Crippen molar-refractivity contribution in [3.05, 3.63) is 64.9 Å². The molecule has 7 heteroatoms. The van der Waals surface area contributed by atoms with Crippen LogP contribution in [0.25, 0.3) is 11.4 Å². The average Bonchev–Trinajstić information content (AvgIpc) is 3.12. The Balaban J connectivity index is 0.00000120. The Kier molecular flexibility index (Phi) is 6.47. The second kappa shape index (κ2) is 8.55. The van der Waals surface area contributed by atoms with Crippen molar-refractivity contribution in [3.63, 3.8) is 0 Å². The number of anilines is 1. The largest absolute Gasteiger partial charge is 0.371 e. The fraction of sp³-hybridized carbons (Fsp3) is 0.364. The van der Waals surface area contributed by atoms with Gasteiger partial charge in [-0.2, -0.15) is 0 Å². The van der Waals surface area contributed by atoms with Crippen LogP contribution in [-0.2, 0) is 12.5 Å². The summed E-state index contributed by atoms with van der Waals surface area (Å²) in [4.78, 5) is 2.40. The Morgan fingerprint density at radius 1 is 0.931 bits per heavy atom. The predicted octanol–water partition coefficient (Wildman–Crippen LogP) is 5.66. The van der Waals surface area contributed by atoms with E-state index in [2.05, 4.69) is 75.2 Å². The molecule has 2 aliphatic rings.